The van der Waals surface area contributed by atoms with Crippen LogP contribution >= 0.6 is 24.8 Å². The molecule has 0 aliphatic carbocycles. The molecule has 0 saturated carbocycles. The van der Waals surface area contributed by atoms with E-state index in [1.54, 1.807) is 7.11 Å². The Morgan fingerprint density at radius 2 is 1.63 bits per heavy atom. The van der Waals surface area contributed by atoms with Crippen molar-refractivity contribution in [2.45, 2.75) is 13.0 Å². The van der Waals surface area contributed by atoms with Crippen molar-refractivity contribution >= 4 is 36.5 Å². The van der Waals surface area contributed by atoms with Gasteiger partial charge in [0, 0.05) is 44.5 Å². The average Bonchev–Trinajstić information content (AvgIpc) is 2.63. The number of hydrogen-bond donors (Lipinski definition) is 1. The second kappa shape index (κ2) is 11.0. The standard InChI is InChI=1S/C20H24N2O3.2ClH/c1-25-19-4-2-3-18(14-19)22-11-9-21(10-12-22)15-17-7-5-16(6-8-17)13-20(23)24;;/h2-8,14H,9-13,15H2,1H3,(H,23,24);2*1H. The number of carbonyl (C=O) groups is 1. The van der Waals surface area contributed by atoms with Gasteiger partial charge in [0.25, 0.3) is 0 Å². The molecule has 1 saturated heterocycles. The van der Waals surface area contributed by atoms with Gasteiger partial charge in [-0.3, -0.25) is 9.69 Å². The van der Waals surface area contributed by atoms with Crippen molar-refractivity contribution in [3.8, 4) is 5.75 Å². The maximum Gasteiger partial charge on any atom is 0.307 e. The molecule has 1 aliphatic heterocycles. The van der Waals surface area contributed by atoms with E-state index < -0.39 is 5.97 Å². The first kappa shape index (κ1) is 23.1. The van der Waals surface area contributed by atoms with Gasteiger partial charge in [-0.1, -0.05) is 30.3 Å². The van der Waals surface area contributed by atoms with Gasteiger partial charge in [-0.05, 0) is 23.3 Å². The van der Waals surface area contributed by atoms with Crippen LogP contribution in [0, 0.1) is 0 Å². The Bertz CT molecular complexity index is 717. The lowest BCUT2D eigenvalue weighted by Gasteiger charge is -2.36. The minimum absolute atomic E-state index is 0. The van der Waals surface area contributed by atoms with E-state index in [1.165, 1.54) is 11.3 Å². The fourth-order valence-corrected chi connectivity index (χ4v) is 3.17. The highest BCUT2D eigenvalue weighted by molar-refractivity contribution is 5.85. The van der Waals surface area contributed by atoms with Crippen LogP contribution in [0.5, 0.6) is 5.75 Å². The van der Waals surface area contributed by atoms with Gasteiger partial charge < -0.3 is 14.7 Å². The lowest BCUT2D eigenvalue weighted by molar-refractivity contribution is -0.136. The second-order valence-electron chi connectivity index (χ2n) is 6.35. The first-order chi connectivity index (χ1) is 12.1. The summed E-state index contributed by atoms with van der Waals surface area (Å²) in [6.45, 7) is 4.90. The molecule has 5 nitrogen and oxygen atoms in total. The number of benzene rings is 2. The van der Waals surface area contributed by atoms with Crippen LogP contribution in [-0.4, -0.2) is 49.3 Å². The molecule has 2 aromatic rings. The largest absolute Gasteiger partial charge is 0.497 e. The van der Waals surface area contributed by atoms with Crippen molar-refractivity contribution in [2.24, 2.45) is 0 Å². The zero-order valence-corrected chi connectivity index (χ0v) is 17.0. The van der Waals surface area contributed by atoms with Crippen LogP contribution in [0.15, 0.2) is 48.5 Å². The summed E-state index contributed by atoms with van der Waals surface area (Å²) in [5.41, 5.74) is 3.28. The lowest BCUT2D eigenvalue weighted by atomic mass is 10.1. The van der Waals surface area contributed by atoms with Crippen LogP contribution in [0.3, 0.4) is 0 Å². The van der Waals surface area contributed by atoms with Crippen LogP contribution in [0.2, 0.25) is 0 Å². The summed E-state index contributed by atoms with van der Waals surface area (Å²) >= 11 is 0. The SMILES string of the molecule is COc1cccc(N2CCN(Cc3ccc(CC(=O)O)cc3)CC2)c1.Cl.Cl. The second-order valence-corrected chi connectivity index (χ2v) is 6.35. The Morgan fingerprint density at radius 1 is 1.00 bits per heavy atom. The van der Waals surface area contributed by atoms with Crippen molar-refractivity contribution in [3.63, 3.8) is 0 Å². The van der Waals surface area contributed by atoms with Crippen molar-refractivity contribution in [1.29, 1.82) is 0 Å². The molecular weight excluding hydrogens is 387 g/mol. The molecule has 0 spiro atoms. The number of piperazine rings is 1. The van der Waals surface area contributed by atoms with Gasteiger partial charge >= 0.3 is 5.97 Å². The van der Waals surface area contributed by atoms with Crippen molar-refractivity contribution < 1.29 is 14.6 Å². The molecule has 148 valence electrons. The molecule has 1 N–H and O–H groups in total. The van der Waals surface area contributed by atoms with Crippen molar-refractivity contribution in [1.82, 2.24) is 4.90 Å². The molecule has 0 aromatic heterocycles. The monoisotopic (exact) mass is 412 g/mol. The molecule has 2 aromatic carbocycles. The molecule has 1 fully saturated rings. The quantitative estimate of drug-likeness (QED) is 0.786. The molecule has 0 atom stereocenters. The number of carboxylic acids is 1. The minimum Gasteiger partial charge on any atom is -0.497 e. The number of ether oxygens (including phenoxy) is 1. The Balaban J connectivity index is 0.00000182. The summed E-state index contributed by atoms with van der Waals surface area (Å²) < 4.78 is 5.31. The summed E-state index contributed by atoms with van der Waals surface area (Å²) in [7, 11) is 1.69. The Labute approximate surface area is 172 Å². The molecule has 1 heterocycles. The van der Waals surface area contributed by atoms with Crippen LogP contribution in [-0.2, 0) is 17.8 Å². The first-order valence-corrected chi connectivity index (χ1v) is 8.55. The molecule has 0 bridgehead atoms. The Morgan fingerprint density at radius 3 is 2.22 bits per heavy atom. The number of halogens is 2. The minimum atomic E-state index is -0.790. The average molecular weight is 413 g/mol. The number of aliphatic carboxylic acids is 1. The molecule has 27 heavy (non-hydrogen) atoms. The van der Waals surface area contributed by atoms with E-state index in [9.17, 15) is 4.79 Å². The summed E-state index contributed by atoms with van der Waals surface area (Å²) in [5.74, 6) is 0.0998. The van der Waals surface area contributed by atoms with Crippen LogP contribution in [0.25, 0.3) is 0 Å². The van der Waals surface area contributed by atoms with Crippen LogP contribution in [0.4, 0.5) is 5.69 Å². The predicted octanol–water partition coefficient (Wildman–Crippen LogP) is 3.49. The molecule has 7 heteroatoms. The van der Waals surface area contributed by atoms with E-state index in [1.807, 2.05) is 36.4 Å². The van der Waals surface area contributed by atoms with E-state index in [0.717, 1.165) is 44.0 Å². The lowest BCUT2D eigenvalue weighted by Crippen LogP contribution is -2.45. The fourth-order valence-electron chi connectivity index (χ4n) is 3.17. The third-order valence-electron chi connectivity index (χ3n) is 4.58. The Kier molecular flexibility index (Phi) is 9.43. The number of carboxylic acid groups (broad SMARTS) is 1. The van der Waals surface area contributed by atoms with E-state index in [2.05, 4.69) is 21.9 Å². The fraction of sp³-hybridized carbons (Fsp3) is 0.350. The highest BCUT2D eigenvalue weighted by atomic mass is 35.5. The van der Waals surface area contributed by atoms with Gasteiger partial charge in [-0.25, -0.2) is 0 Å². The van der Waals surface area contributed by atoms with Gasteiger partial charge in [0.05, 0.1) is 13.5 Å². The summed E-state index contributed by atoms with van der Waals surface area (Å²) in [6.07, 6.45) is 0.0828. The van der Waals surface area contributed by atoms with Gasteiger partial charge in [-0.15, -0.1) is 24.8 Å². The predicted molar refractivity (Wildman–Crippen MR) is 113 cm³/mol. The van der Waals surface area contributed by atoms with E-state index in [4.69, 9.17) is 9.84 Å². The third kappa shape index (κ3) is 6.61. The highest BCUT2D eigenvalue weighted by Gasteiger charge is 2.17. The molecule has 0 radical (unpaired) electrons. The molecule has 0 amide bonds. The van der Waals surface area contributed by atoms with Crippen molar-refractivity contribution in [2.75, 3.05) is 38.2 Å². The molecule has 3 rings (SSSR count). The van der Waals surface area contributed by atoms with Gasteiger partial charge in [0.1, 0.15) is 5.75 Å². The topological polar surface area (TPSA) is 53.0 Å². The number of anilines is 1. The number of hydrogen-bond acceptors (Lipinski definition) is 4. The number of nitrogens with zero attached hydrogens (tertiary/aromatic N) is 2. The van der Waals surface area contributed by atoms with E-state index in [0.29, 0.717) is 0 Å². The molecule has 0 unspecified atom stereocenters. The van der Waals surface area contributed by atoms with Crippen molar-refractivity contribution in [3.05, 3.63) is 59.7 Å². The maximum atomic E-state index is 10.7. The van der Waals surface area contributed by atoms with Gasteiger partial charge in [0.15, 0.2) is 0 Å². The molecule has 1 aliphatic rings. The number of rotatable bonds is 6. The Hall–Kier alpha value is -1.95. The van der Waals surface area contributed by atoms with Crippen LogP contribution < -0.4 is 9.64 Å². The summed E-state index contributed by atoms with van der Waals surface area (Å²) in [5, 5.41) is 8.83. The van der Waals surface area contributed by atoms with Gasteiger partial charge in [-0.2, -0.15) is 0 Å². The zero-order valence-electron chi connectivity index (χ0n) is 15.3. The smallest absolute Gasteiger partial charge is 0.307 e. The van der Waals surface area contributed by atoms with E-state index >= 15 is 0 Å². The highest BCUT2D eigenvalue weighted by Crippen LogP contribution is 2.22. The van der Waals surface area contributed by atoms with E-state index in [-0.39, 0.29) is 31.2 Å². The van der Waals surface area contributed by atoms with Crippen LogP contribution in [0.1, 0.15) is 11.1 Å². The first-order valence-electron chi connectivity index (χ1n) is 8.55. The maximum absolute atomic E-state index is 10.7. The normalized spacial score (nSPS) is 14.0. The third-order valence-corrected chi connectivity index (χ3v) is 4.58. The number of methoxy groups -OCH3 is 1. The summed E-state index contributed by atoms with van der Waals surface area (Å²) in [4.78, 5) is 15.6. The molecular formula is C20H26Cl2N2O3. The summed E-state index contributed by atoms with van der Waals surface area (Å²) in [6, 6.07) is 16.1. The van der Waals surface area contributed by atoms with Gasteiger partial charge in [0.2, 0.25) is 0 Å². The zero-order chi connectivity index (χ0) is 17.6.